The normalized spacial score (nSPS) is 15.8. The van der Waals surface area contributed by atoms with Crippen LogP contribution in [0.1, 0.15) is 52.9 Å². The summed E-state index contributed by atoms with van der Waals surface area (Å²) in [5.74, 6) is 0.538. The number of thiol groups is 1. The van der Waals surface area contributed by atoms with Crippen LogP contribution < -0.4 is 11.1 Å². The largest absolute Gasteiger partial charge is 0.403 e. The zero-order chi connectivity index (χ0) is 14.1. The lowest BCUT2D eigenvalue weighted by atomic mass is 9.92. The maximum absolute atomic E-state index is 5.56. The van der Waals surface area contributed by atoms with Crippen molar-refractivity contribution in [1.82, 2.24) is 5.32 Å². The second-order valence-electron chi connectivity index (χ2n) is 5.27. The Morgan fingerprint density at radius 2 is 1.94 bits per heavy atom. The Bertz CT molecular complexity index is 263. The highest BCUT2D eigenvalue weighted by Gasteiger charge is 2.21. The summed E-state index contributed by atoms with van der Waals surface area (Å²) >= 11 is 4.74. The van der Waals surface area contributed by atoms with Crippen LogP contribution in [0.5, 0.6) is 0 Å². The first-order chi connectivity index (χ1) is 8.38. The van der Waals surface area contributed by atoms with Crippen molar-refractivity contribution in [3.05, 3.63) is 24.6 Å². The number of nitrogens with one attached hydrogen (secondary N) is 1. The van der Waals surface area contributed by atoms with Crippen molar-refractivity contribution in [3.63, 3.8) is 0 Å². The summed E-state index contributed by atoms with van der Waals surface area (Å²) in [5, 5.41) is 3.87. The van der Waals surface area contributed by atoms with Gasteiger partial charge < -0.3 is 11.1 Å². The van der Waals surface area contributed by atoms with Crippen molar-refractivity contribution in [2.24, 2.45) is 11.7 Å². The minimum atomic E-state index is 0.424. The van der Waals surface area contributed by atoms with Gasteiger partial charge >= 0.3 is 0 Å². The summed E-state index contributed by atoms with van der Waals surface area (Å²) in [6.07, 6.45) is 5.44. The Kier molecular flexibility index (Phi) is 9.08. The molecule has 0 aliphatic carbocycles. The first-order valence-electron chi connectivity index (χ1n) is 6.91. The van der Waals surface area contributed by atoms with Crippen molar-refractivity contribution in [1.29, 1.82) is 0 Å². The Labute approximate surface area is 119 Å². The average Bonchev–Trinajstić information content (AvgIpc) is 2.29. The monoisotopic (exact) mass is 270 g/mol. The molecule has 106 valence electrons. The third-order valence-corrected chi connectivity index (χ3v) is 4.09. The zero-order valence-electron chi connectivity index (χ0n) is 12.2. The molecule has 0 saturated carbocycles. The van der Waals surface area contributed by atoms with E-state index in [-0.39, 0.29) is 0 Å². The van der Waals surface area contributed by atoms with E-state index in [1.807, 2.05) is 6.92 Å². The zero-order valence-corrected chi connectivity index (χ0v) is 13.1. The fraction of sp³-hybridized carbons (Fsp3) is 0.733. The molecule has 18 heavy (non-hydrogen) atoms. The molecule has 0 fully saturated rings. The van der Waals surface area contributed by atoms with Crippen LogP contribution >= 0.6 is 12.6 Å². The molecule has 0 radical (unpaired) electrons. The van der Waals surface area contributed by atoms with E-state index in [2.05, 4.69) is 32.3 Å². The maximum Gasteiger partial charge on any atom is 0.0291 e. The Balaban J connectivity index is 4.02. The summed E-state index contributed by atoms with van der Waals surface area (Å²) in [7, 11) is 0. The molecular formula is C15H30N2S. The van der Waals surface area contributed by atoms with Gasteiger partial charge in [0, 0.05) is 22.7 Å². The Morgan fingerprint density at radius 3 is 2.39 bits per heavy atom. The summed E-state index contributed by atoms with van der Waals surface area (Å²) in [6, 6.07) is 0.467. The van der Waals surface area contributed by atoms with E-state index in [0.29, 0.717) is 17.2 Å². The molecule has 0 aromatic heterocycles. The van der Waals surface area contributed by atoms with Gasteiger partial charge in [-0.1, -0.05) is 33.4 Å². The van der Waals surface area contributed by atoms with Crippen molar-refractivity contribution >= 4 is 12.6 Å². The van der Waals surface area contributed by atoms with Gasteiger partial charge in [-0.25, -0.2) is 0 Å². The number of allylic oxidation sites excluding steroid dienone is 2. The molecule has 0 rings (SSSR count). The molecule has 3 unspecified atom stereocenters. The molecule has 2 nitrogen and oxygen atoms in total. The van der Waals surface area contributed by atoms with Gasteiger partial charge in [-0.15, -0.1) is 0 Å². The van der Waals surface area contributed by atoms with Crippen LogP contribution in [-0.4, -0.2) is 11.3 Å². The number of nitrogens with two attached hydrogens (primary N) is 1. The second kappa shape index (κ2) is 9.37. The molecule has 0 saturated heterocycles. The fourth-order valence-corrected chi connectivity index (χ4v) is 2.55. The molecule has 0 heterocycles. The minimum absolute atomic E-state index is 0.424. The Hall–Kier alpha value is -0.570. The smallest absolute Gasteiger partial charge is 0.0291 e. The number of hydrogen-bond donors (Lipinski definition) is 3. The van der Waals surface area contributed by atoms with Crippen LogP contribution in [0.3, 0.4) is 0 Å². The third kappa shape index (κ3) is 7.70. The molecule has 0 aliphatic heterocycles. The lowest BCUT2D eigenvalue weighted by molar-refractivity contribution is 0.369. The molecule has 3 atom stereocenters. The van der Waals surface area contributed by atoms with Gasteiger partial charge in [-0.2, -0.15) is 12.6 Å². The lowest BCUT2D eigenvalue weighted by Crippen LogP contribution is -2.37. The molecule has 0 aliphatic rings. The topological polar surface area (TPSA) is 38.0 Å². The van der Waals surface area contributed by atoms with E-state index in [9.17, 15) is 0 Å². The van der Waals surface area contributed by atoms with Crippen LogP contribution in [-0.2, 0) is 0 Å². The van der Waals surface area contributed by atoms with E-state index < -0.39 is 0 Å². The van der Waals surface area contributed by atoms with Crippen molar-refractivity contribution in [2.75, 3.05) is 0 Å². The van der Waals surface area contributed by atoms with Crippen LogP contribution in [0.25, 0.3) is 0 Å². The fourth-order valence-electron chi connectivity index (χ4n) is 2.16. The molecule has 3 N–H and O–H groups in total. The van der Waals surface area contributed by atoms with Crippen LogP contribution in [0.4, 0.5) is 0 Å². The van der Waals surface area contributed by atoms with Crippen molar-refractivity contribution in [2.45, 2.75) is 64.2 Å². The standard InChI is InChI=1S/C15H30N2S/c1-6-14(17-11(2)3)13(5)15(18)10-8-7-9-12(4)16/h13-15,17-18H,2,4,6-10,16H2,1,3,5H3. The molecule has 0 aromatic rings. The van der Waals surface area contributed by atoms with Gasteiger partial charge in [0.15, 0.2) is 0 Å². The third-order valence-electron chi connectivity index (χ3n) is 3.36. The van der Waals surface area contributed by atoms with Gasteiger partial charge in [0.25, 0.3) is 0 Å². The van der Waals surface area contributed by atoms with Gasteiger partial charge in [0.1, 0.15) is 0 Å². The second-order valence-corrected chi connectivity index (χ2v) is 5.93. The molecule has 0 aromatic carbocycles. The highest BCUT2D eigenvalue weighted by Crippen LogP contribution is 2.22. The molecule has 0 spiro atoms. The summed E-state index contributed by atoms with van der Waals surface area (Å²) in [6.45, 7) is 14.1. The molecular weight excluding hydrogens is 240 g/mol. The Morgan fingerprint density at radius 1 is 1.33 bits per heavy atom. The van der Waals surface area contributed by atoms with Crippen molar-refractivity contribution < 1.29 is 0 Å². The first-order valence-corrected chi connectivity index (χ1v) is 7.43. The SMILES string of the molecule is C=C(N)CCCCC(S)C(C)C(CC)NC(=C)C. The van der Waals surface area contributed by atoms with Gasteiger partial charge in [0.05, 0.1) is 0 Å². The molecule has 0 bridgehead atoms. The van der Waals surface area contributed by atoms with Crippen molar-refractivity contribution in [3.8, 4) is 0 Å². The summed E-state index contributed by atoms with van der Waals surface area (Å²) < 4.78 is 0. The quantitative estimate of drug-likeness (QED) is 0.416. The van der Waals surface area contributed by atoms with Crippen LogP contribution in [0.15, 0.2) is 24.6 Å². The average molecular weight is 270 g/mol. The highest BCUT2D eigenvalue weighted by molar-refractivity contribution is 7.81. The number of unbranched alkanes of at least 4 members (excludes halogenated alkanes) is 1. The molecule has 0 amide bonds. The number of rotatable bonds is 10. The highest BCUT2D eigenvalue weighted by atomic mass is 32.1. The van der Waals surface area contributed by atoms with Crippen LogP contribution in [0, 0.1) is 5.92 Å². The van der Waals surface area contributed by atoms with E-state index in [1.165, 1.54) is 0 Å². The van der Waals surface area contributed by atoms with Gasteiger partial charge in [-0.3, -0.25) is 0 Å². The van der Waals surface area contributed by atoms with Gasteiger partial charge in [-0.05, 0) is 38.5 Å². The lowest BCUT2D eigenvalue weighted by Gasteiger charge is -2.29. The molecule has 3 heteroatoms. The number of hydrogen-bond acceptors (Lipinski definition) is 3. The van der Waals surface area contributed by atoms with E-state index >= 15 is 0 Å². The van der Waals surface area contributed by atoms with E-state index in [4.69, 9.17) is 18.4 Å². The maximum atomic E-state index is 5.56. The summed E-state index contributed by atoms with van der Waals surface area (Å²) in [5.41, 5.74) is 7.38. The van der Waals surface area contributed by atoms with Gasteiger partial charge in [0.2, 0.25) is 0 Å². The van der Waals surface area contributed by atoms with E-state index in [1.54, 1.807) is 0 Å². The van der Waals surface area contributed by atoms with Crippen LogP contribution in [0.2, 0.25) is 0 Å². The summed E-state index contributed by atoms with van der Waals surface area (Å²) in [4.78, 5) is 0. The van der Waals surface area contributed by atoms with E-state index in [0.717, 1.165) is 43.5 Å². The minimum Gasteiger partial charge on any atom is -0.403 e. The predicted molar refractivity (Wildman–Crippen MR) is 85.8 cm³/mol. The predicted octanol–water partition coefficient (Wildman–Crippen LogP) is 3.86. The first kappa shape index (κ1) is 17.4.